The molecule has 0 saturated heterocycles. The van der Waals surface area contributed by atoms with E-state index >= 15 is 0 Å². The number of hydrogen-bond donors (Lipinski definition) is 0. The second-order valence-corrected chi connectivity index (χ2v) is 1.18. The smallest absolute Gasteiger partial charge is 0.0844 e. The van der Waals surface area contributed by atoms with E-state index in [1.165, 1.54) is 0 Å². The third-order valence-corrected chi connectivity index (χ3v) is 0.574. The van der Waals surface area contributed by atoms with Crippen LogP contribution in [0.15, 0.2) is 0 Å². The fourth-order valence-corrected chi connectivity index (χ4v) is 0.320. The van der Waals surface area contributed by atoms with Crippen molar-refractivity contribution in [2.75, 3.05) is 0 Å². The SMILES string of the molecule is [K+].[K+].[K+].[NaH].[NaH].[NaH].[O-]c1nc([O-])nc([O-])n1. The molecule has 0 radical (unpaired) electrons. The fraction of sp³-hybridized carbons (Fsp3) is 0. The van der Waals surface area contributed by atoms with Gasteiger partial charge in [-0.2, -0.15) is 0 Å². The molecule has 0 atom stereocenters. The summed E-state index contributed by atoms with van der Waals surface area (Å²) >= 11 is 0. The maximum atomic E-state index is 10.0. The summed E-state index contributed by atoms with van der Waals surface area (Å²) in [6.07, 6.45) is 0. The molecule has 0 saturated carbocycles. The maximum Gasteiger partial charge on any atom is 0.0844 e. The van der Waals surface area contributed by atoms with Crippen LogP contribution in [0.5, 0.6) is 18.0 Å². The van der Waals surface area contributed by atoms with Crippen molar-refractivity contribution in [1.29, 1.82) is 0 Å². The number of hydrogen-bond acceptors (Lipinski definition) is 6. The Balaban J connectivity index is -0.0000000337. The monoisotopic (exact) mass is 315 g/mol. The quantitative estimate of drug-likeness (QED) is 0.440. The van der Waals surface area contributed by atoms with Crippen molar-refractivity contribution < 1.29 is 169 Å². The Bertz CT molecular complexity index is 196. The van der Waals surface area contributed by atoms with Gasteiger partial charge in [-0.25, -0.2) is 15.0 Å². The Morgan fingerprint density at radius 3 is 0.800 bits per heavy atom. The molecule has 0 aliphatic carbocycles. The van der Waals surface area contributed by atoms with Gasteiger partial charge in [0.25, 0.3) is 0 Å². The second-order valence-electron chi connectivity index (χ2n) is 1.18. The van der Waals surface area contributed by atoms with E-state index in [1.807, 2.05) is 0 Å². The van der Waals surface area contributed by atoms with Crippen LogP contribution in [0.4, 0.5) is 0 Å². The van der Waals surface area contributed by atoms with Crippen molar-refractivity contribution in [3.63, 3.8) is 0 Å². The molecule has 0 fully saturated rings. The van der Waals surface area contributed by atoms with E-state index in [2.05, 4.69) is 15.0 Å². The van der Waals surface area contributed by atoms with Gasteiger partial charge >= 0.3 is 243 Å². The van der Waals surface area contributed by atoms with Crippen molar-refractivity contribution in [3.05, 3.63) is 0 Å². The first kappa shape index (κ1) is 37.5. The van der Waals surface area contributed by atoms with E-state index in [1.54, 1.807) is 0 Å². The zero-order valence-corrected chi connectivity index (χ0v) is 16.4. The van der Waals surface area contributed by atoms with Crippen LogP contribution < -0.4 is 169 Å². The van der Waals surface area contributed by atoms with Gasteiger partial charge in [-0.3, -0.25) is 0 Å². The summed E-state index contributed by atoms with van der Waals surface area (Å²) in [6.45, 7) is 0. The molecule has 54 valence electrons. The molecule has 15 heavy (non-hydrogen) atoms. The third kappa shape index (κ3) is 20.3. The fourth-order valence-electron chi connectivity index (χ4n) is 0.320. The van der Waals surface area contributed by atoms with E-state index in [4.69, 9.17) is 0 Å². The topological polar surface area (TPSA) is 108 Å². The number of aromatic nitrogens is 3. The molecule has 0 aliphatic heterocycles. The minimum atomic E-state index is -1.08. The first-order valence-corrected chi connectivity index (χ1v) is 1.95. The molecular weight excluding hydrogens is 312 g/mol. The summed E-state index contributed by atoms with van der Waals surface area (Å²) in [6, 6.07) is -3.25. The summed E-state index contributed by atoms with van der Waals surface area (Å²) in [4.78, 5) is 8.10. The molecule has 0 unspecified atom stereocenters. The molecule has 0 bridgehead atoms. The Labute approximate surface area is 281 Å². The predicted molar refractivity (Wildman–Crippen MR) is 39.6 cm³/mol. The van der Waals surface area contributed by atoms with Crippen LogP contribution in [-0.2, 0) is 0 Å². The van der Waals surface area contributed by atoms with Gasteiger partial charge in [-0.05, 0) is 0 Å². The van der Waals surface area contributed by atoms with Gasteiger partial charge in [0.15, 0.2) is 0 Å². The van der Waals surface area contributed by atoms with Gasteiger partial charge in [-0.1, -0.05) is 0 Å². The van der Waals surface area contributed by atoms with Gasteiger partial charge in [0.05, 0.1) is 18.0 Å². The van der Waals surface area contributed by atoms with E-state index < -0.39 is 18.0 Å². The van der Waals surface area contributed by atoms with Crippen LogP contribution in [0.25, 0.3) is 0 Å². The van der Waals surface area contributed by atoms with Gasteiger partial charge in [-0.15, -0.1) is 0 Å². The Hall–Kier alpha value is 6.32. The average Bonchev–Trinajstić information content (AvgIpc) is 1.59. The van der Waals surface area contributed by atoms with Crippen LogP contribution in [0.3, 0.4) is 0 Å². The van der Waals surface area contributed by atoms with Crippen molar-refractivity contribution in [2.45, 2.75) is 0 Å². The molecule has 6 nitrogen and oxygen atoms in total. The van der Waals surface area contributed by atoms with Crippen LogP contribution in [-0.4, -0.2) is 104 Å². The minimum absolute atomic E-state index is 0. The molecule has 0 aromatic carbocycles. The standard InChI is InChI=1S/C3H3N3O3.3K.3Na.3H/c7-1-4-2(8)6-3(9)5-1;;;;;;;;;/h(H3,4,5,6,7,8,9);;;;;;;;;/q;3*+1;;;;;;/p-3. The van der Waals surface area contributed by atoms with E-state index in [0.717, 1.165) is 0 Å². The summed E-state index contributed by atoms with van der Waals surface area (Å²) in [7, 11) is 0. The largest absolute Gasteiger partial charge is 0.844 e. The maximum absolute atomic E-state index is 10.0. The van der Waals surface area contributed by atoms with Crippen LogP contribution in [0.1, 0.15) is 0 Å². The Morgan fingerprint density at radius 1 is 0.533 bits per heavy atom. The summed E-state index contributed by atoms with van der Waals surface area (Å²) < 4.78 is 0. The first-order valence-electron chi connectivity index (χ1n) is 1.95. The Morgan fingerprint density at radius 2 is 0.667 bits per heavy atom. The number of nitrogens with zero attached hydrogens (tertiary/aromatic N) is 3. The minimum Gasteiger partial charge on any atom is -0.844 e. The van der Waals surface area contributed by atoms with Gasteiger partial charge in [0, 0.05) is 0 Å². The van der Waals surface area contributed by atoms with Crippen molar-refractivity contribution in [1.82, 2.24) is 15.0 Å². The van der Waals surface area contributed by atoms with Gasteiger partial charge in [0.1, 0.15) is 0 Å². The molecule has 0 N–H and O–H groups in total. The zero-order chi connectivity index (χ0) is 6.85. The van der Waals surface area contributed by atoms with E-state index in [0.29, 0.717) is 0 Å². The molecule has 1 aromatic heterocycles. The van der Waals surface area contributed by atoms with Crippen molar-refractivity contribution in [3.8, 4) is 18.0 Å². The van der Waals surface area contributed by atoms with Gasteiger partial charge in [0.2, 0.25) is 0 Å². The van der Waals surface area contributed by atoms with Crippen LogP contribution >= 0.6 is 0 Å². The third-order valence-electron chi connectivity index (χ3n) is 0.574. The predicted octanol–water partition coefficient (Wildman–Crippen LogP) is -13.8. The first-order chi connectivity index (χ1) is 4.18. The molecule has 0 aliphatic rings. The molecule has 1 rings (SSSR count). The molecule has 0 spiro atoms. The van der Waals surface area contributed by atoms with Gasteiger partial charge < -0.3 is 15.3 Å². The number of rotatable bonds is 0. The normalized spacial score (nSPS) is 5.60. The average molecular weight is 315 g/mol. The van der Waals surface area contributed by atoms with E-state index in [-0.39, 0.29) is 243 Å². The van der Waals surface area contributed by atoms with Crippen LogP contribution in [0.2, 0.25) is 0 Å². The van der Waals surface area contributed by atoms with Crippen molar-refractivity contribution >= 4 is 88.7 Å². The zero-order valence-electron chi connectivity index (χ0n) is 7.07. The summed E-state index contributed by atoms with van der Waals surface area (Å²) in [5, 5.41) is 30.1. The Kier molecular flexibility index (Phi) is 56.5. The van der Waals surface area contributed by atoms with E-state index in [9.17, 15) is 15.3 Å². The molecule has 0 amide bonds. The summed E-state index contributed by atoms with van der Waals surface area (Å²) in [5.74, 6) is 0. The summed E-state index contributed by atoms with van der Waals surface area (Å²) in [5.41, 5.74) is 0. The van der Waals surface area contributed by atoms with Crippen LogP contribution in [0, 0.1) is 0 Å². The second kappa shape index (κ2) is 22.6. The molecule has 12 heteroatoms. The molecular formula is C3H3K3N3Na3O3. The molecule has 1 aromatic rings. The van der Waals surface area contributed by atoms with Crippen molar-refractivity contribution in [2.24, 2.45) is 0 Å². The molecule has 1 heterocycles.